The van der Waals surface area contributed by atoms with Gasteiger partial charge in [0, 0.05) is 31.1 Å². The van der Waals surface area contributed by atoms with Crippen molar-refractivity contribution in [3.8, 4) is 5.75 Å². The van der Waals surface area contributed by atoms with E-state index in [1.807, 2.05) is 17.6 Å². The predicted molar refractivity (Wildman–Crippen MR) is 63.4 cm³/mol. The highest BCUT2D eigenvalue weighted by Gasteiger charge is 1.97. The zero-order valence-electron chi connectivity index (χ0n) is 8.76. The highest BCUT2D eigenvalue weighted by Crippen LogP contribution is 2.06. The third kappa shape index (κ3) is 3.29. The minimum atomic E-state index is 0.200. The molecule has 0 saturated carbocycles. The lowest BCUT2D eigenvalue weighted by atomic mass is 10.3. The Morgan fingerprint density at radius 1 is 1.31 bits per heavy atom. The molecule has 2 aromatic heterocycles. The van der Waals surface area contributed by atoms with Gasteiger partial charge in [-0.25, -0.2) is 4.98 Å². The monoisotopic (exact) mass is 235 g/mol. The maximum absolute atomic E-state index is 9.06. The Bertz CT molecular complexity index is 413. The van der Waals surface area contributed by atoms with Crippen molar-refractivity contribution in [1.29, 1.82) is 0 Å². The predicted octanol–water partition coefficient (Wildman–Crippen LogP) is 1.58. The first-order valence-electron chi connectivity index (χ1n) is 5.07. The molecule has 0 aliphatic rings. The van der Waals surface area contributed by atoms with E-state index in [1.54, 1.807) is 17.4 Å². The van der Waals surface area contributed by atoms with Crippen LogP contribution in [0, 0.1) is 0 Å². The van der Waals surface area contributed by atoms with Crippen LogP contribution >= 0.6 is 11.3 Å². The number of aromatic hydroxyl groups is 1. The second-order valence-electron chi connectivity index (χ2n) is 3.36. The zero-order chi connectivity index (χ0) is 11.2. The van der Waals surface area contributed by atoms with Gasteiger partial charge < -0.3 is 10.4 Å². The van der Waals surface area contributed by atoms with Crippen LogP contribution in [0.25, 0.3) is 0 Å². The Morgan fingerprint density at radius 2 is 2.25 bits per heavy atom. The molecule has 5 heteroatoms. The van der Waals surface area contributed by atoms with E-state index < -0.39 is 0 Å². The van der Waals surface area contributed by atoms with Crippen LogP contribution in [-0.4, -0.2) is 21.6 Å². The minimum absolute atomic E-state index is 0.200. The Morgan fingerprint density at radius 3 is 2.94 bits per heavy atom. The van der Waals surface area contributed by atoms with Crippen molar-refractivity contribution in [3.63, 3.8) is 0 Å². The number of nitrogens with zero attached hydrogens (tertiary/aromatic N) is 2. The average molecular weight is 235 g/mol. The van der Waals surface area contributed by atoms with Gasteiger partial charge in [0.2, 0.25) is 0 Å². The van der Waals surface area contributed by atoms with Crippen LogP contribution < -0.4 is 5.32 Å². The molecular formula is C11H13N3OS. The zero-order valence-corrected chi connectivity index (χ0v) is 9.57. The van der Waals surface area contributed by atoms with Crippen LogP contribution in [0.4, 0.5) is 0 Å². The van der Waals surface area contributed by atoms with E-state index >= 15 is 0 Å². The lowest BCUT2D eigenvalue weighted by Crippen LogP contribution is -2.17. The van der Waals surface area contributed by atoms with Gasteiger partial charge in [0.1, 0.15) is 5.75 Å². The molecule has 0 bridgehead atoms. The third-order valence-electron chi connectivity index (χ3n) is 2.11. The van der Waals surface area contributed by atoms with Crippen LogP contribution in [0.5, 0.6) is 5.75 Å². The molecule has 0 atom stereocenters. The maximum atomic E-state index is 9.06. The van der Waals surface area contributed by atoms with Gasteiger partial charge in [-0.3, -0.25) is 4.98 Å². The van der Waals surface area contributed by atoms with Gasteiger partial charge in [-0.05, 0) is 12.1 Å². The number of hydrogen-bond acceptors (Lipinski definition) is 5. The summed E-state index contributed by atoms with van der Waals surface area (Å²) in [7, 11) is 0. The van der Waals surface area contributed by atoms with Crippen molar-refractivity contribution in [2.75, 3.05) is 6.54 Å². The molecule has 0 aliphatic heterocycles. The van der Waals surface area contributed by atoms with Crippen molar-refractivity contribution >= 4 is 11.3 Å². The smallest absolute Gasteiger partial charge is 0.133 e. The van der Waals surface area contributed by atoms with Crippen LogP contribution in [0.3, 0.4) is 0 Å². The number of thiazole rings is 1. The van der Waals surface area contributed by atoms with Gasteiger partial charge in [-0.1, -0.05) is 0 Å². The third-order valence-corrected chi connectivity index (χ3v) is 2.95. The van der Waals surface area contributed by atoms with Gasteiger partial charge in [0.15, 0.2) is 0 Å². The highest BCUT2D eigenvalue weighted by molar-refractivity contribution is 7.09. The van der Waals surface area contributed by atoms with Crippen molar-refractivity contribution in [2.24, 2.45) is 0 Å². The normalized spacial score (nSPS) is 10.5. The molecule has 2 N–H and O–H groups in total. The first-order valence-corrected chi connectivity index (χ1v) is 5.95. The lowest BCUT2D eigenvalue weighted by Gasteiger charge is -2.02. The molecule has 0 radical (unpaired) electrons. The molecule has 0 fully saturated rings. The highest BCUT2D eigenvalue weighted by atomic mass is 32.1. The van der Waals surface area contributed by atoms with Crippen molar-refractivity contribution in [1.82, 2.24) is 15.3 Å². The number of aromatic nitrogens is 2. The molecule has 0 aliphatic carbocycles. The number of nitrogens with one attached hydrogen (secondary N) is 1. The number of hydrogen-bond donors (Lipinski definition) is 2. The molecule has 16 heavy (non-hydrogen) atoms. The average Bonchev–Trinajstić information content (AvgIpc) is 2.80. The van der Waals surface area contributed by atoms with Gasteiger partial charge in [-0.15, -0.1) is 11.3 Å². The molecule has 84 valence electrons. The Balaban J connectivity index is 1.70. The maximum Gasteiger partial charge on any atom is 0.133 e. The molecule has 0 saturated heterocycles. The SMILES string of the molecule is Oc1ccc(CNCCc2nccs2)nc1. The summed E-state index contributed by atoms with van der Waals surface area (Å²) in [6.45, 7) is 1.60. The van der Waals surface area contributed by atoms with Crippen LogP contribution in [0.2, 0.25) is 0 Å². The molecule has 0 amide bonds. The lowest BCUT2D eigenvalue weighted by molar-refractivity contribution is 0.471. The molecule has 2 aromatic rings. The summed E-state index contributed by atoms with van der Waals surface area (Å²) < 4.78 is 0. The van der Waals surface area contributed by atoms with E-state index in [9.17, 15) is 0 Å². The fourth-order valence-electron chi connectivity index (χ4n) is 1.31. The Labute approximate surface area is 98.0 Å². The fourth-order valence-corrected chi connectivity index (χ4v) is 1.93. The summed E-state index contributed by atoms with van der Waals surface area (Å²) in [5, 5.41) is 15.5. The molecule has 0 aromatic carbocycles. The Hall–Kier alpha value is -1.46. The summed E-state index contributed by atoms with van der Waals surface area (Å²) in [6, 6.07) is 3.45. The molecule has 2 heterocycles. The van der Waals surface area contributed by atoms with E-state index in [0.29, 0.717) is 6.54 Å². The van der Waals surface area contributed by atoms with Crippen molar-refractivity contribution in [3.05, 3.63) is 40.6 Å². The standard InChI is InChI=1S/C11H13N3OS/c15-10-2-1-9(14-8-10)7-12-4-3-11-13-5-6-16-11/h1-2,5-6,8,12,15H,3-4,7H2. The molecule has 2 rings (SSSR count). The van der Waals surface area contributed by atoms with Crippen LogP contribution in [-0.2, 0) is 13.0 Å². The summed E-state index contributed by atoms with van der Waals surface area (Å²) >= 11 is 1.67. The van der Waals surface area contributed by atoms with Gasteiger partial charge in [0.25, 0.3) is 0 Å². The minimum Gasteiger partial charge on any atom is -0.506 e. The van der Waals surface area contributed by atoms with Crippen LogP contribution in [0.1, 0.15) is 10.7 Å². The fraction of sp³-hybridized carbons (Fsp3) is 0.273. The molecule has 0 spiro atoms. The molecular weight excluding hydrogens is 222 g/mol. The van der Waals surface area contributed by atoms with E-state index in [0.717, 1.165) is 23.7 Å². The molecule has 4 nitrogen and oxygen atoms in total. The largest absolute Gasteiger partial charge is 0.506 e. The summed E-state index contributed by atoms with van der Waals surface area (Å²) in [5.41, 5.74) is 0.928. The van der Waals surface area contributed by atoms with Crippen LogP contribution in [0.15, 0.2) is 29.9 Å². The second-order valence-corrected chi connectivity index (χ2v) is 4.34. The Kier molecular flexibility index (Phi) is 3.85. The van der Waals surface area contributed by atoms with Crippen molar-refractivity contribution in [2.45, 2.75) is 13.0 Å². The topological polar surface area (TPSA) is 58.0 Å². The second kappa shape index (κ2) is 5.58. The first-order chi connectivity index (χ1) is 7.84. The summed E-state index contributed by atoms with van der Waals surface area (Å²) in [6.07, 6.45) is 4.22. The summed E-state index contributed by atoms with van der Waals surface area (Å²) in [4.78, 5) is 8.29. The number of pyridine rings is 1. The van der Waals surface area contributed by atoms with E-state index in [-0.39, 0.29) is 5.75 Å². The van der Waals surface area contributed by atoms with Gasteiger partial charge in [0.05, 0.1) is 16.9 Å². The number of rotatable bonds is 5. The van der Waals surface area contributed by atoms with Gasteiger partial charge >= 0.3 is 0 Å². The van der Waals surface area contributed by atoms with E-state index in [4.69, 9.17) is 5.11 Å². The quantitative estimate of drug-likeness (QED) is 0.772. The van der Waals surface area contributed by atoms with E-state index in [2.05, 4.69) is 15.3 Å². The van der Waals surface area contributed by atoms with Crippen molar-refractivity contribution < 1.29 is 5.11 Å². The van der Waals surface area contributed by atoms with E-state index in [1.165, 1.54) is 6.20 Å². The molecule has 0 unspecified atom stereocenters. The van der Waals surface area contributed by atoms with Gasteiger partial charge in [-0.2, -0.15) is 0 Å². The summed E-state index contributed by atoms with van der Waals surface area (Å²) in [5.74, 6) is 0.200. The first kappa shape index (κ1) is 11.0.